The molecule has 0 saturated carbocycles. The lowest BCUT2D eigenvalue weighted by Gasteiger charge is -2.12. The topological polar surface area (TPSA) is 44.8 Å². The first-order valence-corrected chi connectivity index (χ1v) is 7.26. The summed E-state index contributed by atoms with van der Waals surface area (Å²) >= 11 is 6.16. The lowest BCUT2D eigenvalue weighted by Crippen LogP contribution is -2.10. The predicted octanol–water partition coefficient (Wildman–Crippen LogP) is 4.63. The van der Waals surface area contributed by atoms with Crippen molar-refractivity contribution in [3.63, 3.8) is 0 Å². The zero-order chi connectivity index (χ0) is 15.9. The molecule has 0 saturated heterocycles. The zero-order valence-corrected chi connectivity index (χ0v) is 13.2. The second-order valence-corrected chi connectivity index (χ2v) is 4.97. The molecule has 0 aliphatic rings. The Hall–Kier alpha value is -2.20. The third kappa shape index (κ3) is 4.15. The van der Waals surface area contributed by atoms with Crippen molar-refractivity contribution < 1.29 is 19.0 Å². The predicted molar refractivity (Wildman–Crippen MR) is 84.6 cm³/mol. The van der Waals surface area contributed by atoms with Crippen molar-refractivity contribution in [2.45, 2.75) is 20.0 Å². The number of rotatable bonds is 5. The maximum atomic E-state index is 11.3. The van der Waals surface area contributed by atoms with Gasteiger partial charge in [-0.3, -0.25) is 0 Å². The molecule has 22 heavy (non-hydrogen) atoms. The maximum Gasteiger partial charge on any atom is 0.513 e. The normalized spacial score (nSPS) is 10.1. The van der Waals surface area contributed by atoms with E-state index in [-0.39, 0.29) is 6.61 Å². The number of methoxy groups -OCH3 is 1. The third-order valence-electron chi connectivity index (χ3n) is 3.15. The summed E-state index contributed by atoms with van der Waals surface area (Å²) in [5.41, 5.74) is 1.83. The molecule has 0 heterocycles. The molecule has 0 aliphatic heterocycles. The van der Waals surface area contributed by atoms with E-state index in [0.717, 1.165) is 12.2 Å². The fourth-order valence-electron chi connectivity index (χ4n) is 1.88. The molecular weight excluding hydrogens is 304 g/mol. The summed E-state index contributed by atoms with van der Waals surface area (Å²) in [4.78, 5) is 11.3. The Labute approximate surface area is 134 Å². The van der Waals surface area contributed by atoms with Crippen LogP contribution in [0.5, 0.6) is 11.5 Å². The molecule has 116 valence electrons. The molecule has 0 aromatic heterocycles. The van der Waals surface area contributed by atoms with Gasteiger partial charge in [0.25, 0.3) is 0 Å². The Bertz CT molecular complexity index is 638. The molecule has 0 unspecified atom stereocenters. The minimum absolute atomic E-state index is 0.192. The molecule has 2 aromatic rings. The van der Waals surface area contributed by atoms with Crippen LogP contribution < -0.4 is 9.47 Å². The highest BCUT2D eigenvalue weighted by molar-refractivity contribution is 6.31. The Morgan fingerprint density at radius 2 is 1.86 bits per heavy atom. The summed E-state index contributed by atoms with van der Waals surface area (Å²) in [6.07, 6.45) is 0.179. The van der Waals surface area contributed by atoms with Gasteiger partial charge in [-0.15, -0.1) is 0 Å². The average molecular weight is 321 g/mol. The standard InChI is InChI=1S/C17H17ClO4/c1-3-12-7-9-13(10-8-12)21-11-14-15(18)5-4-6-16(14)22-17(19)20-2/h4-10H,3,11H2,1-2H3. The van der Waals surface area contributed by atoms with E-state index in [1.807, 2.05) is 24.3 Å². The summed E-state index contributed by atoms with van der Waals surface area (Å²) in [5.74, 6) is 1.05. The highest BCUT2D eigenvalue weighted by Gasteiger charge is 2.13. The minimum Gasteiger partial charge on any atom is -0.489 e. The van der Waals surface area contributed by atoms with Gasteiger partial charge in [0, 0.05) is 0 Å². The van der Waals surface area contributed by atoms with Crippen molar-refractivity contribution >= 4 is 17.8 Å². The van der Waals surface area contributed by atoms with Gasteiger partial charge < -0.3 is 14.2 Å². The van der Waals surface area contributed by atoms with E-state index >= 15 is 0 Å². The van der Waals surface area contributed by atoms with Crippen molar-refractivity contribution in [3.05, 3.63) is 58.6 Å². The number of carbonyl (C=O) groups excluding carboxylic acids is 1. The minimum atomic E-state index is -0.796. The first-order chi connectivity index (χ1) is 10.6. The van der Waals surface area contributed by atoms with Gasteiger partial charge in [0.05, 0.1) is 17.7 Å². The number of ether oxygens (including phenoxy) is 3. The summed E-state index contributed by atoms with van der Waals surface area (Å²) in [5, 5.41) is 0.464. The van der Waals surface area contributed by atoms with Gasteiger partial charge in [0.2, 0.25) is 0 Å². The fraction of sp³-hybridized carbons (Fsp3) is 0.235. The molecule has 0 fully saturated rings. The van der Waals surface area contributed by atoms with Crippen LogP contribution in [0.25, 0.3) is 0 Å². The van der Waals surface area contributed by atoms with Crippen LogP contribution in [0.15, 0.2) is 42.5 Å². The molecule has 0 amide bonds. The summed E-state index contributed by atoms with van der Waals surface area (Å²) < 4.78 is 15.3. The van der Waals surface area contributed by atoms with Crippen LogP contribution in [0.3, 0.4) is 0 Å². The Morgan fingerprint density at radius 3 is 2.50 bits per heavy atom. The number of hydrogen-bond donors (Lipinski definition) is 0. The fourth-order valence-corrected chi connectivity index (χ4v) is 2.10. The van der Waals surface area contributed by atoms with Crippen LogP contribution in [0, 0.1) is 0 Å². The van der Waals surface area contributed by atoms with Gasteiger partial charge in [-0.2, -0.15) is 0 Å². The zero-order valence-electron chi connectivity index (χ0n) is 12.5. The largest absolute Gasteiger partial charge is 0.513 e. The van der Waals surface area contributed by atoms with Gasteiger partial charge in [-0.05, 0) is 36.2 Å². The van der Waals surface area contributed by atoms with Crippen molar-refractivity contribution in [2.24, 2.45) is 0 Å². The number of benzene rings is 2. The maximum absolute atomic E-state index is 11.3. The van der Waals surface area contributed by atoms with E-state index in [9.17, 15) is 4.79 Å². The first kappa shape index (κ1) is 16.2. The summed E-state index contributed by atoms with van der Waals surface area (Å²) in [7, 11) is 1.25. The molecule has 0 radical (unpaired) electrons. The van der Waals surface area contributed by atoms with E-state index in [1.165, 1.54) is 12.7 Å². The van der Waals surface area contributed by atoms with Crippen LogP contribution in [0.4, 0.5) is 4.79 Å². The van der Waals surface area contributed by atoms with Gasteiger partial charge in [-0.25, -0.2) is 4.79 Å². The van der Waals surface area contributed by atoms with Crippen molar-refractivity contribution in [1.29, 1.82) is 0 Å². The molecule has 4 nitrogen and oxygen atoms in total. The Balaban J connectivity index is 2.12. The molecule has 2 aromatic carbocycles. The summed E-state index contributed by atoms with van der Waals surface area (Å²) in [6, 6.07) is 12.9. The van der Waals surface area contributed by atoms with Crippen LogP contribution in [-0.4, -0.2) is 13.3 Å². The smallest absolute Gasteiger partial charge is 0.489 e. The van der Waals surface area contributed by atoms with Gasteiger partial charge in [0.1, 0.15) is 18.1 Å². The van der Waals surface area contributed by atoms with Crippen LogP contribution >= 0.6 is 11.6 Å². The Kier molecular flexibility index (Phi) is 5.67. The molecule has 0 N–H and O–H groups in total. The van der Waals surface area contributed by atoms with E-state index in [1.54, 1.807) is 18.2 Å². The second-order valence-electron chi connectivity index (χ2n) is 4.56. The average Bonchev–Trinajstić information content (AvgIpc) is 2.54. The molecule has 2 rings (SSSR count). The number of halogens is 1. The van der Waals surface area contributed by atoms with Gasteiger partial charge in [0.15, 0.2) is 0 Å². The highest BCUT2D eigenvalue weighted by Crippen LogP contribution is 2.28. The number of carbonyl (C=O) groups is 1. The van der Waals surface area contributed by atoms with Gasteiger partial charge >= 0.3 is 6.16 Å². The van der Waals surface area contributed by atoms with Crippen LogP contribution in [-0.2, 0) is 17.8 Å². The number of aryl methyl sites for hydroxylation is 1. The highest BCUT2D eigenvalue weighted by atomic mass is 35.5. The molecule has 0 aliphatic carbocycles. The first-order valence-electron chi connectivity index (χ1n) is 6.89. The molecule has 0 spiro atoms. The van der Waals surface area contributed by atoms with Crippen molar-refractivity contribution in [3.8, 4) is 11.5 Å². The van der Waals surface area contributed by atoms with Crippen molar-refractivity contribution in [2.75, 3.05) is 7.11 Å². The molecule has 5 heteroatoms. The SMILES string of the molecule is CCc1ccc(OCc2c(Cl)cccc2OC(=O)OC)cc1. The lowest BCUT2D eigenvalue weighted by molar-refractivity contribution is 0.120. The van der Waals surface area contributed by atoms with Crippen LogP contribution in [0.1, 0.15) is 18.1 Å². The monoisotopic (exact) mass is 320 g/mol. The van der Waals surface area contributed by atoms with E-state index < -0.39 is 6.16 Å². The van der Waals surface area contributed by atoms with Crippen LogP contribution in [0.2, 0.25) is 5.02 Å². The summed E-state index contributed by atoms with van der Waals surface area (Å²) in [6.45, 7) is 2.29. The van der Waals surface area contributed by atoms with E-state index in [0.29, 0.717) is 16.3 Å². The third-order valence-corrected chi connectivity index (χ3v) is 3.50. The number of hydrogen-bond acceptors (Lipinski definition) is 4. The van der Waals surface area contributed by atoms with E-state index in [4.69, 9.17) is 21.1 Å². The molecular formula is C17H17ClO4. The van der Waals surface area contributed by atoms with Crippen molar-refractivity contribution in [1.82, 2.24) is 0 Å². The van der Waals surface area contributed by atoms with E-state index in [2.05, 4.69) is 11.7 Å². The second kappa shape index (κ2) is 7.71. The lowest BCUT2D eigenvalue weighted by atomic mass is 10.2. The molecule has 0 atom stereocenters. The molecule has 0 bridgehead atoms. The van der Waals surface area contributed by atoms with Gasteiger partial charge in [-0.1, -0.05) is 36.7 Å². The quantitative estimate of drug-likeness (QED) is 0.595. The Morgan fingerprint density at radius 1 is 1.14 bits per heavy atom.